The van der Waals surface area contributed by atoms with Gasteiger partial charge in [0, 0.05) is 32.4 Å². The number of ether oxygens (including phenoxy) is 1. The minimum atomic E-state index is -3.26. The summed E-state index contributed by atoms with van der Waals surface area (Å²) in [6.07, 6.45) is -2.74. The van der Waals surface area contributed by atoms with E-state index in [1.54, 1.807) is 32.9 Å². The largest absolute Gasteiger partial charge is 0.490 e. The van der Waals surface area contributed by atoms with Crippen LogP contribution in [0.15, 0.2) is 18.2 Å². The van der Waals surface area contributed by atoms with Gasteiger partial charge >= 0.3 is 0 Å². The molecule has 0 aliphatic carbocycles. The molecule has 1 aliphatic rings. The molecule has 0 bridgehead atoms. The van der Waals surface area contributed by atoms with Gasteiger partial charge in [-0.2, -0.15) is 0 Å². The molecule has 1 amide bonds. The van der Waals surface area contributed by atoms with Gasteiger partial charge < -0.3 is 20.5 Å². The van der Waals surface area contributed by atoms with Gasteiger partial charge in [0.2, 0.25) is 5.91 Å². The maximum atomic E-state index is 11.5. The van der Waals surface area contributed by atoms with Crippen molar-refractivity contribution in [3.8, 4) is 5.75 Å². The van der Waals surface area contributed by atoms with E-state index in [4.69, 9.17) is 11.6 Å². The monoisotopic (exact) mass is 297 g/mol. The zero-order valence-corrected chi connectivity index (χ0v) is 12.4. The predicted octanol–water partition coefficient (Wildman–Crippen LogP) is 1.70. The highest BCUT2D eigenvalue weighted by atomic mass is 16.5. The third kappa shape index (κ3) is 4.72. The number of hydrogen-bond acceptors (Lipinski definition) is 4. The van der Waals surface area contributed by atoms with E-state index in [1.165, 1.54) is 6.07 Å². The number of hydrogen-bond donors (Lipinski definition) is 3. The Kier molecular flexibility index (Phi) is 3.13. The minimum absolute atomic E-state index is 0.0460. The summed E-state index contributed by atoms with van der Waals surface area (Å²) in [4.78, 5) is 11.5. The van der Waals surface area contributed by atoms with Crippen LogP contribution in [0.2, 0.25) is 0 Å². The van der Waals surface area contributed by atoms with Crippen LogP contribution in [0, 0.1) is 0 Å². The summed E-state index contributed by atoms with van der Waals surface area (Å²) in [7, 11) is 0. The molecule has 21 heavy (non-hydrogen) atoms. The number of aliphatic hydroxyl groups is 1. The summed E-state index contributed by atoms with van der Waals surface area (Å²) in [6.45, 7) is -0.988. The van der Waals surface area contributed by atoms with Crippen molar-refractivity contribution in [2.45, 2.75) is 45.2 Å². The topological polar surface area (TPSA) is 70.6 Å². The molecule has 116 valence electrons. The average molecular weight is 297 g/mol. The van der Waals surface area contributed by atoms with Gasteiger partial charge in [-0.3, -0.25) is 4.79 Å². The van der Waals surface area contributed by atoms with Gasteiger partial charge in [0.1, 0.15) is 18.4 Å². The van der Waals surface area contributed by atoms with Crippen LogP contribution in [0.1, 0.15) is 39.6 Å². The third-order valence-corrected chi connectivity index (χ3v) is 2.82. The SMILES string of the molecule is [2H]C([2H])(NC(C)(C)C)C([2H])(O)C([2H])([2H])Oc1cccc2c1CCC(=O)N2. The zero-order chi connectivity index (χ0) is 20.0. The molecule has 1 heterocycles. The molecule has 1 aliphatic heterocycles. The number of benzene rings is 1. The van der Waals surface area contributed by atoms with Crippen molar-refractivity contribution in [1.82, 2.24) is 5.32 Å². The highest BCUT2D eigenvalue weighted by Crippen LogP contribution is 2.31. The van der Waals surface area contributed by atoms with Gasteiger partial charge in [0.15, 0.2) is 0 Å². The highest BCUT2D eigenvalue weighted by Gasteiger charge is 2.19. The lowest BCUT2D eigenvalue weighted by atomic mass is 10.0. The molecule has 1 aromatic carbocycles. The molecule has 2 rings (SSSR count). The molecule has 1 aromatic rings. The number of β-amino-alcohol motifs (C(OH)–C–C–N with tert-alkyl or cyclic N) is 1. The fourth-order valence-electron chi connectivity index (χ4n) is 1.86. The molecule has 0 saturated heterocycles. The third-order valence-electron chi connectivity index (χ3n) is 2.82. The van der Waals surface area contributed by atoms with Crippen molar-refractivity contribution < 1.29 is 21.5 Å². The van der Waals surface area contributed by atoms with Gasteiger partial charge in [-0.1, -0.05) is 6.07 Å². The molecule has 1 unspecified atom stereocenters. The van der Waals surface area contributed by atoms with Crippen LogP contribution in [0.4, 0.5) is 5.69 Å². The molecule has 0 fully saturated rings. The van der Waals surface area contributed by atoms with Crippen LogP contribution in [-0.4, -0.2) is 35.7 Å². The summed E-state index contributed by atoms with van der Waals surface area (Å²) in [5, 5.41) is 15.5. The van der Waals surface area contributed by atoms with Crippen LogP contribution < -0.4 is 15.4 Å². The van der Waals surface area contributed by atoms with Gasteiger partial charge in [-0.05, 0) is 39.3 Å². The van der Waals surface area contributed by atoms with E-state index >= 15 is 0 Å². The van der Waals surface area contributed by atoms with E-state index in [0.29, 0.717) is 17.7 Å². The summed E-state index contributed by atoms with van der Waals surface area (Å²) < 4.78 is 45.2. The Morgan fingerprint density at radius 3 is 3.00 bits per heavy atom. The number of anilines is 1. The van der Waals surface area contributed by atoms with Crippen molar-refractivity contribution >= 4 is 11.6 Å². The second-order valence-corrected chi connectivity index (χ2v) is 5.88. The number of nitrogens with one attached hydrogen (secondary N) is 2. The number of carbonyl (C=O) groups excluding carboxylic acids is 1. The first-order valence-corrected chi connectivity index (χ1v) is 6.79. The molecule has 0 aromatic heterocycles. The summed E-state index contributed by atoms with van der Waals surface area (Å²) >= 11 is 0. The average Bonchev–Trinajstić information content (AvgIpc) is 2.43. The first kappa shape index (κ1) is 10.2. The maximum absolute atomic E-state index is 11.5. The Morgan fingerprint density at radius 2 is 2.29 bits per heavy atom. The minimum Gasteiger partial charge on any atom is -0.490 e. The highest BCUT2D eigenvalue weighted by molar-refractivity contribution is 5.94. The van der Waals surface area contributed by atoms with E-state index in [9.17, 15) is 9.90 Å². The Morgan fingerprint density at radius 1 is 1.52 bits per heavy atom. The smallest absolute Gasteiger partial charge is 0.224 e. The lowest BCUT2D eigenvalue weighted by Gasteiger charge is -2.24. The van der Waals surface area contributed by atoms with Crippen LogP contribution in [0.5, 0.6) is 5.75 Å². The summed E-state index contributed by atoms with van der Waals surface area (Å²) in [5.41, 5.74) is 0.195. The van der Waals surface area contributed by atoms with Gasteiger partial charge in [-0.15, -0.1) is 0 Å². The Labute approximate surface area is 132 Å². The second-order valence-electron chi connectivity index (χ2n) is 5.88. The van der Waals surface area contributed by atoms with Crippen molar-refractivity contribution in [2.75, 3.05) is 18.4 Å². The second kappa shape index (κ2) is 6.45. The summed E-state index contributed by atoms with van der Waals surface area (Å²) in [6, 6.07) is 4.64. The van der Waals surface area contributed by atoms with E-state index in [-0.39, 0.29) is 18.1 Å². The fraction of sp³-hybridized carbons (Fsp3) is 0.562. The fourth-order valence-corrected chi connectivity index (χ4v) is 1.86. The normalized spacial score (nSPS) is 22.5. The molecule has 5 nitrogen and oxygen atoms in total. The van der Waals surface area contributed by atoms with E-state index in [2.05, 4.69) is 10.6 Å². The van der Waals surface area contributed by atoms with Crippen LogP contribution >= 0.6 is 0 Å². The lowest BCUT2D eigenvalue weighted by Crippen LogP contribution is -2.42. The van der Waals surface area contributed by atoms with Gasteiger partial charge in [-0.25, -0.2) is 0 Å². The van der Waals surface area contributed by atoms with Crippen molar-refractivity contribution in [1.29, 1.82) is 0 Å². The molecular weight excluding hydrogens is 268 g/mol. The van der Waals surface area contributed by atoms with E-state index in [1.807, 2.05) is 0 Å². The number of carbonyl (C=O) groups is 1. The number of amides is 1. The van der Waals surface area contributed by atoms with E-state index < -0.39 is 24.7 Å². The van der Waals surface area contributed by atoms with Crippen LogP contribution in [-0.2, 0) is 11.2 Å². The zero-order valence-electron chi connectivity index (χ0n) is 17.4. The van der Waals surface area contributed by atoms with Crippen LogP contribution in [0.3, 0.4) is 0 Å². The predicted molar refractivity (Wildman–Crippen MR) is 82.7 cm³/mol. The van der Waals surface area contributed by atoms with Crippen LogP contribution in [0.25, 0.3) is 0 Å². The molecule has 3 N–H and O–H groups in total. The Balaban J connectivity index is 2.33. The molecule has 0 radical (unpaired) electrons. The Bertz CT molecular complexity index is 702. The number of rotatable bonds is 5. The molecule has 5 heteroatoms. The van der Waals surface area contributed by atoms with Gasteiger partial charge in [0.25, 0.3) is 0 Å². The first-order chi connectivity index (χ1) is 11.7. The quantitative estimate of drug-likeness (QED) is 0.773. The maximum Gasteiger partial charge on any atom is 0.224 e. The Hall–Kier alpha value is -1.59. The van der Waals surface area contributed by atoms with Crippen molar-refractivity contribution in [3.05, 3.63) is 23.8 Å². The van der Waals surface area contributed by atoms with Crippen molar-refractivity contribution in [2.24, 2.45) is 0 Å². The van der Waals surface area contributed by atoms with E-state index in [0.717, 1.165) is 0 Å². The number of fused-ring (bicyclic) bond motifs is 1. The van der Waals surface area contributed by atoms with Crippen molar-refractivity contribution in [3.63, 3.8) is 0 Å². The first-order valence-electron chi connectivity index (χ1n) is 9.29. The molecule has 1 atom stereocenters. The molecule has 0 spiro atoms. The summed E-state index contributed by atoms with van der Waals surface area (Å²) in [5.74, 6) is -0.120. The molecular formula is C16H24N2O3. The molecule has 0 saturated carbocycles. The standard InChI is InChI=1S/C16H24N2O3/c1-16(2,3)17-9-11(19)10-21-14-6-4-5-13-12(14)7-8-15(20)18-13/h4-6,11,17,19H,7-10H2,1-3H3,(H,18,20)/i9D2,10D2,11D. The lowest BCUT2D eigenvalue weighted by molar-refractivity contribution is -0.116. The van der Waals surface area contributed by atoms with Gasteiger partial charge in [0.05, 0.1) is 4.11 Å².